The Morgan fingerprint density at radius 2 is 0.807 bits per heavy atom. The van der Waals surface area contributed by atoms with Crippen LogP contribution in [0.4, 0.5) is 0 Å². The SMILES string of the molecule is c1ccc2cc(-c3ccc(-c4c5ccccc5c(-c5ccc6c(c5)-c5c(ccc7ccccc57)C6C5C6CC7CC(C6)CC5C7)c5ccccc45)cc3)ccc2c1. The third-order valence-electron chi connectivity index (χ3n) is 15.1. The predicted molar refractivity (Wildman–Crippen MR) is 241 cm³/mol. The van der Waals surface area contributed by atoms with Crippen molar-refractivity contribution in [3.63, 3.8) is 0 Å². The molecule has 57 heavy (non-hydrogen) atoms. The molecule has 0 aromatic heterocycles. The van der Waals surface area contributed by atoms with E-state index in [1.807, 2.05) is 0 Å². The summed E-state index contributed by atoms with van der Waals surface area (Å²) in [7, 11) is 0. The van der Waals surface area contributed by atoms with Crippen LogP contribution in [0.15, 0.2) is 170 Å². The molecular weight excluding hydrogens is 685 g/mol. The summed E-state index contributed by atoms with van der Waals surface area (Å²) in [4.78, 5) is 0. The van der Waals surface area contributed by atoms with Gasteiger partial charge in [-0.3, -0.25) is 0 Å². The van der Waals surface area contributed by atoms with Crippen LogP contribution in [0.2, 0.25) is 0 Å². The first-order valence-electron chi connectivity index (χ1n) is 21.4. The molecule has 14 rings (SSSR count). The minimum atomic E-state index is 0.497. The van der Waals surface area contributed by atoms with Crippen molar-refractivity contribution >= 4 is 43.1 Å². The molecule has 0 N–H and O–H groups in total. The van der Waals surface area contributed by atoms with Crippen LogP contribution in [-0.4, -0.2) is 0 Å². The highest BCUT2D eigenvalue weighted by Crippen LogP contribution is 2.64. The molecule has 0 nitrogen and oxygen atoms in total. The van der Waals surface area contributed by atoms with Gasteiger partial charge in [-0.1, -0.05) is 158 Å². The smallest absolute Gasteiger partial charge is 0.0135 e. The molecule has 0 amide bonds. The van der Waals surface area contributed by atoms with E-state index in [1.54, 1.807) is 11.1 Å². The molecule has 272 valence electrons. The molecule has 0 radical (unpaired) electrons. The van der Waals surface area contributed by atoms with Gasteiger partial charge in [0.25, 0.3) is 0 Å². The molecule has 9 aromatic carbocycles. The predicted octanol–water partition coefficient (Wildman–Crippen LogP) is 15.5. The topological polar surface area (TPSA) is 0 Å². The molecule has 5 aliphatic carbocycles. The highest BCUT2D eigenvalue weighted by molar-refractivity contribution is 6.21. The number of fused-ring (bicyclic) bond motifs is 8. The minimum Gasteiger partial charge on any atom is -0.0616 e. The van der Waals surface area contributed by atoms with Crippen molar-refractivity contribution in [2.45, 2.75) is 38.0 Å². The van der Waals surface area contributed by atoms with Crippen LogP contribution in [0.5, 0.6) is 0 Å². The first-order valence-corrected chi connectivity index (χ1v) is 21.4. The Hall–Kier alpha value is -5.98. The molecular formula is C57H44. The van der Waals surface area contributed by atoms with E-state index in [0.29, 0.717) is 5.92 Å². The standard InChI is InChI=1S/C57H44/c1-2-11-40-32-41(22-19-36(40)9-1)37-17-20-39(21-18-37)54-46-13-5-7-15-48(46)55(49-16-8-6-14-47(49)54)42-24-25-50-52(33-42)56-45-12-4-3-10-38(45)23-26-51(56)57(50)53-43-28-34-27-35(30-43)31-44(53)29-34/h1-26,32-35,43-44,53,57H,27-31H2. The Kier molecular flexibility index (Phi) is 6.91. The van der Waals surface area contributed by atoms with E-state index >= 15 is 0 Å². The van der Waals surface area contributed by atoms with Crippen molar-refractivity contribution in [2.24, 2.45) is 29.6 Å². The summed E-state index contributed by atoms with van der Waals surface area (Å²) in [6.45, 7) is 0. The Morgan fingerprint density at radius 3 is 1.47 bits per heavy atom. The monoisotopic (exact) mass is 728 g/mol. The first kappa shape index (κ1) is 32.1. The Bertz CT molecular complexity index is 3000. The van der Waals surface area contributed by atoms with Gasteiger partial charge in [0.15, 0.2) is 0 Å². The maximum Gasteiger partial charge on any atom is 0.0135 e. The highest BCUT2D eigenvalue weighted by atomic mass is 14.6. The van der Waals surface area contributed by atoms with Crippen LogP contribution in [-0.2, 0) is 0 Å². The summed E-state index contributed by atoms with van der Waals surface area (Å²) >= 11 is 0. The van der Waals surface area contributed by atoms with Crippen molar-refractivity contribution in [3.8, 4) is 44.5 Å². The van der Waals surface area contributed by atoms with Gasteiger partial charge in [-0.25, -0.2) is 0 Å². The molecule has 0 spiro atoms. The molecule has 0 heterocycles. The number of benzene rings is 9. The van der Waals surface area contributed by atoms with E-state index in [1.165, 1.54) is 120 Å². The number of hydrogen-bond donors (Lipinski definition) is 0. The van der Waals surface area contributed by atoms with Crippen LogP contribution in [0.25, 0.3) is 87.6 Å². The molecule has 0 aliphatic heterocycles. The van der Waals surface area contributed by atoms with Crippen molar-refractivity contribution in [3.05, 3.63) is 181 Å². The highest BCUT2D eigenvalue weighted by Gasteiger charge is 2.52. The van der Waals surface area contributed by atoms with Gasteiger partial charge in [-0.05, 0) is 173 Å². The van der Waals surface area contributed by atoms with E-state index in [2.05, 4.69) is 170 Å². The van der Waals surface area contributed by atoms with Crippen LogP contribution < -0.4 is 0 Å². The van der Waals surface area contributed by atoms with E-state index in [9.17, 15) is 0 Å². The zero-order valence-electron chi connectivity index (χ0n) is 32.2. The zero-order valence-corrected chi connectivity index (χ0v) is 32.2. The van der Waals surface area contributed by atoms with E-state index in [-0.39, 0.29) is 0 Å². The number of rotatable bonds is 4. The summed E-state index contributed by atoms with van der Waals surface area (Å²) in [6, 6.07) is 64.7. The third-order valence-corrected chi connectivity index (χ3v) is 15.1. The Balaban J connectivity index is 0.985. The van der Waals surface area contributed by atoms with Gasteiger partial charge in [0.1, 0.15) is 0 Å². The molecule has 0 heteroatoms. The van der Waals surface area contributed by atoms with Crippen molar-refractivity contribution < 1.29 is 0 Å². The fourth-order valence-electron chi connectivity index (χ4n) is 13.1. The van der Waals surface area contributed by atoms with Crippen molar-refractivity contribution in [1.82, 2.24) is 0 Å². The third kappa shape index (κ3) is 4.80. The summed E-state index contributed by atoms with van der Waals surface area (Å²) in [6.07, 6.45) is 7.34. The largest absolute Gasteiger partial charge is 0.0616 e. The molecule has 5 aliphatic rings. The van der Waals surface area contributed by atoms with Gasteiger partial charge < -0.3 is 0 Å². The zero-order chi connectivity index (χ0) is 37.2. The second kappa shape index (κ2) is 12.3. The Labute approximate surface area is 334 Å². The first-order chi connectivity index (χ1) is 28.2. The fraction of sp³-hybridized carbons (Fsp3) is 0.193. The summed E-state index contributed by atoms with van der Waals surface area (Å²) in [5.74, 6) is 4.97. The quantitative estimate of drug-likeness (QED) is 0.158. The van der Waals surface area contributed by atoms with Crippen LogP contribution in [0, 0.1) is 29.6 Å². The maximum atomic E-state index is 2.60. The van der Waals surface area contributed by atoms with Crippen molar-refractivity contribution in [1.29, 1.82) is 0 Å². The van der Waals surface area contributed by atoms with E-state index in [0.717, 1.165) is 29.6 Å². The molecule has 4 fully saturated rings. The van der Waals surface area contributed by atoms with Gasteiger partial charge in [-0.15, -0.1) is 0 Å². The Morgan fingerprint density at radius 1 is 0.316 bits per heavy atom. The van der Waals surface area contributed by atoms with Crippen LogP contribution >= 0.6 is 0 Å². The fourth-order valence-corrected chi connectivity index (χ4v) is 13.1. The van der Waals surface area contributed by atoms with E-state index in [4.69, 9.17) is 0 Å². The van der Waals surface area contributed by atoms with Crippen molar-refractivity contribution in [2.75, 3.05) is 0 Å². The maximum absolute atomic E-state index is 2.60. The lowest BCUT2D eigenvalue weighted by molar-refractivity contribution is -0.0424. The lowest BCUT2D eigenvalue weighted by Crippen LogP contribution is -2.47. The van der Waals surface area contributed by atoms with Gasteiger partial charge >= 0.3 is 0 Å². The molecule has 9 aromatic rings. The normalized spacial score (nSPS) is 23.1. The second-order valence-electron chi connectivity index (χ2n) is 18.0. The van der Waals surface area contributed by atoms with Crippen LogP contribution in [0.1, 0.15) is 49.1 Å². The van der Waals surface area contributed by atoms with Gasteiger partial charge in [0.2, 0.25) is 0 Å². The molecule has 0 saturated heterocycles. The lowest BCUT2D eigenvalue weighted by Gasteiger charge is -2.56. The van der Waals surface area contributed by atoms with Gasteiger partial charge in [0.05, 0.1) is 0 Å². The second-order valence-corrected chi connectivity index (χ2v) is 18.0. The van der Waals surface area contributed by atoms with E-state index < -0.39 is 0 Å². The average Bonchev–Trinajstić information content (AvgIpc) is 3.59. The average molecular weight is 729 g/mol. The molecule has 4 bridgehead atoms. The van der Waals surface area contributed by atoms with Crippen LogP contribution in [0.3, 0.4) is 0 Å². The summed E-state index contributed by atoms with van der Waals surface area (Å²) in [5, 5.41) is 10.6. The number of hydrogen-bond acceptors (Lipinski definition) is 0. The van der Waals surface area contributed by atoms with Gasteiger partial charge in [0, 0.05) is 5.92 Å². The molecule has 1 atom stereocenters. The minimum absolute atomic E-state index is 0.497. The lowest BCUT2D eigenvalue weighted by atomic mass is 9.49. The summed E-state index contributed by atoms with van der Waals surface area (Å²) < 4.78 is 0. The molecule has 4 saturated carbocycles. The molecule has 1 unspecified atom stereocenters. The van der Waals surface area contributed by atoms with Gasteiger partial charge in [-0.2, -0.15) is 0 Å². The summed E-state index contributed by atoms with van der Waals surface area (Å²) in [5.41, 5.74) is 13.9.